The number of aromatic nitrogens is 3. The van der Waals surface area contributed by atoms with Crippen molar-refractivity contribution in [3.63, 3.8) is 0 Å². The van der Waals surface area contributed by atoms with Gasteiger partial charge in [-0.05, 0) is 20.8 Å². The zero-order chi connectivity index (χ0) is 13.6. The lowest BCUT2D eigenvalue weighted by atomic mass is 10.2. The van der Waals surface area contributed by atoms with Crippen LogP contribution < -0.4 is 10.5 Å². The molecule has 2 aromatic rings. The van der Waals surface area contributed by atoms with Gasteiger partial charge in [0.15, 0.2) is 0 Å². The molecule has 1 aliphatic rings. The van der Waals surface area contributed by atoms with Gasteiger partial charge in [0, 0.05) is 24.8 Å². The second-order valence-electron chi connectivity index (χ2n) is 4.98. The molecule has 2 unspecified atom stereocenters. The topological polar surface area (TPSA) is 59.7 Å². The van der Waals surface area contributed by atoms with E-state index in [4.69, 9.17) is 4.74 Å². The van der Waals surface area contributed by atoms with Gasteiger partial charge in [0.25, 0.3) is 5.56 Å². The van der Waals surface area contributed by atoms with Gasteiger partial charge >= 0.3 is 0 Å². The molecular weight excluding hydrogens is 264 g/mol. The molecule has 0 N–H and O–H groups in total. The van der Waals surface area contributed by atoms with E-state index in [1.165, 1.54) is 21.9 Å². The molecule has 2 aromatic heterocycles. The van der Waals surface area contributed by atoms with Crippen molar-refractivity contribution in [1.29, 1.82) is 0 Å². The van der Waals surface area contributed by atoms with Crippen LogP contribution in [-0.4, -0.2) is 39.9 Å². The average molecular weight is 280 g/mol. The second kappa shape index (κ2) is 4.57. The van der Waals surface area contributed by atoms with E-state index < -0.39 is 0 Å². The number of fused-ring (bicyclic) bond motifs is 1. The SMILES string of the molecule is Cc1cc(=O)n2nc(N3CC(C)OC(C)C3)sc2n1. The number of hydrogen-bond donors (Lipinski definition) is 0. The Bertz CT molecular complexity index is 655. The van der Waals surface area contributed by atoms with E-state index in [2.05, 4.69) is 15.0 Å². The molecular formula is C12H16N4O2S. The van der Waals surface area contributed by atoms with Crippen LogP contribution in [0, 0.1) is 6.92 Å². The van der Waals surface area contributed by atoms with Crippen molar-refractivity contribution in [1.82, 2.24) is 14.6 Å². The van der Waals surface area contributed by atoms with Crippen molar-refractivity contribution in [2.75, 3.05) is 18.0 Å². The molecule has 3 rings (SSSR count). The number of aryl methyl sites for hydroxylation is 1. The fourth-order valence-corrected chi connectivity index (χ4v) is 3.34. The molecule has 1 aliphatic heterocycles. The van der Waals surface area contributed by atoms with Gasteiger partial charge in [-0.3, -0.25) is 4.79 Å². The quantitative estimate of drug-likeness (QED) is 0.782. The Labute approximate surface area is 114 Å². The minimum atomic E-state index is -0.126. The van der Waals surface area contributed by atoms with Crippen molar-refractivity contribution in [3.05, 3.63) is 22.1 Å². The van der Waals surface area contributed by atoms with Crippen molar-refractivity contribution < 1.29 is 4.74 Å². The van der Waals surface area contributed by atoms with Crippen LogP contribution in [-0.2, 0) is 4.74 Å². The number of nitrogens with zero attached hydrogens (tertiary/aromatic N) is 4. The predicted molar refractivity (Wildman–Crippen MR) is 74.1 cm³/mol. The largest absolute Gasteiger partial charge is 0.372 e. The summed E-state index contributed by atoms with van der Waals surface area (Å²) in [7, 11) is 0. The zero-order valence-corrected chi connectivity index (χ0v) is 12.0. The summed E-state index contributed by atoms with van der Waals surface area (Å²) in [6.07, 6.45) is 0.337. The zero-order valence-electron chi connectivity index (χ0n) is 11.2. The van der Waals surface area contributed by atoms with Crippen LogP contribution in [0.4, 0.5) is 5.13 Å². The minimum Gasteiger partial charge on any atom is -0.372 e. The number of ether oxygens (including phenoxy) is 1. The molecule has 2 atom stereocenters. The van der Waals surface area contributed by atoms with E-state index in [1.807, 2.05) is 20.8 Å². The maximum absolute atomic E-state index is 11.8. The molecule has 6 nitrogen and oxygen atoms in total. The highest BCUT2D eigenvalue weighted by molar-refractivity contribution is 7.20. The predicted octanol–water partition coefficient (Wildman–Crippen LogP) is 1.07. The Morgan fingerprint density at radius 3 is 2.74 bits per heavy atom. The molecule has 1 saturated heterocycles. The van der Waals surface area contributed by atoms with E-state index in [0.29, 0.717) is 4.96 Å². The molecule has 7 heteroatoms. The third kappa shape index (κ3) is 2.35. The third-order valence-corrected chi connectivity index (χ3v) is 4.02. The smallest absolute Gasteiger partial charge is 0.275 e. The molecule has 0 spiro atoms. The Balaban J connectivity index is 2.01. The molecule has 3 heterocycles. The number of anilines is 1. The standard InChI is InChI=1S/C12H16N4O2S/c1-7-4-10(17)16-11(13-7)19-12(14-16)15-5-8(2)18-9(3)6-15/h4,8-9H,5-6H2,1-3H3. The summed E-state index contributed by atoms with van der Waals surface area (Å²) in [4.78, 5) is 19.0. The Kier molecular flexibility index (Phi) is 3.02. The van der Waals surface area contributed by atoms with Gasteiger partial charge < -0.3 is 9.64 Å². The first-order valence-electron chi connectivity index (χ1n) is 6.31. The van der Waals surface area contributed by atoms with Gasteiger partial charge in [-0.25, -0.2) is 4.98 Å². The van der Waals surface area contributed by atoms with Crippen molar-refractivity contribution in [3.8, 4) is 0 Å². The summed E-state index contributed by atoms with van der Waals surface area (Å²) < 4.78 is 7.08. The average Bonchev–Trinajstić information content (AvgIpc) is 2.71. The fourth-order valence-electron chi connectivity index (χ4n) is 2.37. The van der Waals surface area contributed by atoms with Crippen LogP contribution in [0.25, 0.3) is 4.96 Å². The van der Waals surface area contributed by atoms with Crippen LogP contribution in [0.15, 0.2) is 10.9 Å². The number of rotatable bonds is 1. The summed E-state index contributed by atoms with van der Waals surface area (Å²) >= 11 is 1.45. The molecule has 1 fully saturated rings. The first-order chi connectivity index (χ1) is 9.02. The highest BCUT2D eigenvalue weighted by atomic mass is 32.1. The van der Waals surface area contributed by atoms with Crippen LogP contribution in [0.1, 0.15) is 19.5 Å². The molecule has 0 radical (unpaired) electrons. The van der Waals surface area contributed by atoms with Gasteiger partial charge in [0.2, 0.25) is 10.1 Å². The van der Waals surface area contributed by atoms with Crippen molar-refractivity contribution in [2.24, 2.45) is 0 Å². The Hall–Kier alpha value is -1.47. The lowest BCUT2D eigenvalue weighted by Gasteiger charge is -2.34. The van der Waals surface area contributed by atoms with Crippen LogP contribution in [0.5, 0.6) is 0 Å². The monoisotopic (exact) mass is 280 g/mol. The Morgan fingerprint density at radius 2 is 2.05 bits per heavy atom. The number of morpholine rings is 1. The summed E-state index contributed by atoms with van der Waals surface area (Å²) in [5.74, 6) is 0. The maximum atomic E-state index is 11.8. The van der Waals surface area contributed by atoms with Gasteiger partial charge in [0.1, 0.15) is 0 Å². The van der Waals surface area contributed by atoms with Crippen LogP contribution in [0.2, 0.25) is 0 Å². The molecule has 0 aliphatic carbocycles. The lowest BCUT2D eigenvalue weighted by Crippen LogP contribution is -2.45. The van der Waals surface area contributed by atoms with Crippen LogP contribution >= 0.6 is 11.3 Å². The molecule has 0 saturated carbocycles. The highest BCUT2D eigenvalue weighted by Crippen LogP contribution is 2.24. The van der Waals surface area contributed by atoms with Crippen molar-refractivity contribution in [2.45, 2.75) is 33.0 Å². The summed E-state index contributed by atoms with van der Waals surface area (Å²) in [6, 6.07) is 1.50. The van der Waals surface area contributed by atoms with Gasteiger partial charge in [-0.1, -0.05) is 11.3 Å². The molecule has 0 bridgehead atoms. The molecule has 0 amide bonds. The minimum absolute atomic E-state index is 0.126. The van der Waals surface area contributed by atoms with Gasteiger partial charge in [0.05, 0.1) is 12.2 Å². The van der Waals surface area contributed by atoms with E-state index in [9.17, 15) is 4.79 Å². The van der Waals surface area contributed by atoms with Crippen molar-refractivity contribution >= 4 is 21.4 Å². The summed E-state index contributed by atoms with van der Waals surface area (Å²) in [5, 5.41) is 5.21. The number of hydrogen-bond acceptors (Lipinski definition) is 6. The second-order valence-corrected chi connectivity index (χ2v) is 5.91. The first kappa shape index (κ1) is 12.6. The third-order valence-electron chi connectivity index (χ3n) is 3.05. The lowest BCUT2D eigenvalue weighted by molar-refractivity contribution is -0.00527. The highest BCUT2D eigenvalue weighted by Gasteiger charge is 2.25. The van der Waals surface area contributed by atoms with Crippen LogP contribution in [0.3, 0.4) is 0 Å². The van der Waals surface area contributed by atoms with E-state index >= 15 is 0 Å². The fraction of sp³-hybridized carbons (Fsp3) is 0.583. The van der Waals surface area contributed by atoms with E-state index in [0.717, 1.165) is 23.9 Å². The normalized spacial score (nSPS) is 24.1. The molecule has 0 aromatic carbocycles. The first-order valence-corrected chi connectivity index (χ1v) is 7.12. The summed E-state index contributed by atoms with van der Waals surface area (Å²) in [5.41, 5.74) is 0.600. The van der Waals surface area contributed by atoms with Gasteiger partial charge in [-0.15, -0.1) is 5.10 Å². The maximum Gasteiger partial charge on any atom is 0.275 e. The van der Waals surface area contributed by atoms with E-state index in [1.54, 1.807) is 0 Å². The molecule has 19 heavy (non-hydrogen) atoms. The van der Waals surface area contributed by atoms with Gasteiger partial charge in [-0.2, -0.15) is 4.52 Å². The Morgan fingerprint density at radius 1 is 1.37 bits per heavy atom. The summed E-state index contributed by atoms with van der Waals surface area (Å²) in [6.45, 7) is 7.49. The van der Waals surface area contributed by atoms with E-state index in [-0.39, 0.29) is 17.8 Å². The molecule has 102 valence electrons.